The Labute approximate surface area is 239 Å². The van der Waals surface area contributed by atoms with Gasteiger partial charge >= 0.3 is 5.97 Å². The van der Waals surface area contributed by atoms with Gasteiger partial charge in [-0.3, -0.25) is 19.3 Å². The highest BCUT2D eigenvalue weighted by Gasteiger charge is 2.48. The maximum Gasteiger partial charge on any atom is 0.308 e. The number of unbranched alkanes of at least 4 members (excludes halogenated alkanes) is 2. The minimum atomic E-state index is -0.847. The van der Waals surface area contributed by atoms with Crippen molar-refractivity contribution in [2.45, 2.75) is 77.7 Å². The summed E-state index contributed by atoms with van der Waals surface area (Å²) in [5.41, 5.74) is 7.42. The molecule has 0 radical (unpaired) electrons. The van der Waals surface area contributed by atoms with Crippen molar-refractivity contribution in [3.05, 3.63) is 29.3 Å². The number of carboxylic acid groups (broad SMARTS) is 1. The van der Waals surface area contributed by atoms with Crippen molar-refractivity contribution in [2.24, 2.45) is 17.1 Å². The molecule has 9 nitrogen and oxygen atoms in total. The van der Waals surface area contributed by atoms with Crippen LogP contribution in [0.4, 0.5) is 0 Å². The second-order valence-corrected chi connectivity index (χ2v) is 12.4. The van der Waals surface area contributed by atoms with Gasteiger partial charge in [-0.1, -0.05) is 39.3 Å². The van der Waals surface area contributed by atoms with Gasteiger partial charge in [0.25, 0.3) is 0 Å². The van der Waals surface area contributed by atoms with Gasteiger partial charge in [0.2, 0.25) is 11.8 Å². The predicted octanol–water partition coefficient (Wildman–Crippen LogP) is 3.11. The van der Waals surface area contributed by atoms with Crippen LogP contribution in [0.2, 0.25) is 0 Å². The Morgan fingerprint density at radius 1 is 1.20 bits per heavy atom. The maximum atomic E-state index is 13.6. The molecule has 4 rings (SSSR count). The third-order valence-corrected chi connectivity index (χ3v) is 9.10. The topological polar surface area (TPSA) is 116 Å². The zero-order chi connectivity index (χ0) is 28.9. The Kier molecular flexibility index (Phi) is 10.1. The summed E-state index contributed by atoms with van der Waals surface area (Å²) in [4.78, 5) is 45.3. The summed E-state index contributed by atoms with van der Waals surface area (Å²) in [5.74, 6) is -0.716. The average molecular weight is 557 g/mol. The third-order valence-electron chi connectivity index (χ3n) is 9.10. The molecule has 1 aromatic carbocycles. The van der Waals surface area contributed by atoms with Crippen LogP contribution in [-0.2, 0) is 20.8 Å². The monoisotopic (exact) mass is 556 g/mol. The molecule has 3 aliphatic heterocycles. The number of rotatable bonds is 14. The first-order valence-corrected chi connectivity index (χ1v) is 15.2. The molecule has 0 spiro atoms. The number of carbonyl (C=O) groups excluding carboxylic acids is 2. The van der Waals surface area contributed by atoms with E-state index in [4.69, 9.17) is 10.5 Å². The molecular formula is C31H48N4O5. The first kappa shape index (κ1) is 30.3. The Morgan fingerprint density at radius 2 is 1.98 bits per heavy atom. The number of amides is 2. The first-order chi connectivity index (χ1) is 19.2. The van der Waals surface area contributed by atoms with E-state index in [1.54, 1.807) is 0 Å². The zero-order valence-electron chi connectivity index (χ0n) is 24.6. The number of carboxylic acids is 1. The van der Waals surface area contributed by atoms with Crippen molar-refractivity contribution in [2.75, 3.05) is 52.4 Å². The fourth-order valence-electron chi connectivity index (χ4n) is 6.61. The quantitative estimate of drug-likeness (QED) is 0.338. The van der Waals surface area contributed by atoms with Crippen LogP contribution in [0.5, 0.6) is 5.75 Å². The Morgan fingerprint density at radius 3 is 2.65 bits per heavy atom. The number of likely N-dealkylation sites (tertiary alicyclic amines) is 2. The molecular weight excluding hydrogens is 508 g/mol. The lowest BCUT2D eigenvalue weighted by Gasteiger charge is -2.31. The van der Waals surface area contributed by atoms with E-state index >= 15 is 0 Å². The van der Waals surface area contributed by atoms with E-state index < -0.39 is 11.9 Å². The molecule has 222 valence electrons. The van der Waals surface area contributed by atoms with Crippen LogP contribution < -0.4 is 10.5 Å². The van der Waals surface area contributed by atoms with Crippen LogP contribution in [-0.4, -0.2) is 96.1 Å². The van der Waals surface area contributed by atoms with Gasteiger partial charge in [-0.15, -0.1) is 0 Å². The molecule has 3 unspecified atom stereocenters. The standard InChI is InChI=1S/C31H48N4O5/c1-4-5-14-33(15-7-6-13-32)27(36)21-35-20-24(22-8-9-26-23(19-22)11-18-40-26)28(29(37)38)25(35)10-16-34-17-12-31(2,3)30(34)39/h8-9,19,24-25,28H,4-7,10-18,20-21,32H2,1-3H3,(H,37,38). The maximum absolute atomic E-state index is 13.6. The van der Waals surface area contributed by atoms with Gasteiger partial charge in [0.1, 0.15) is 5.75 Å². The van der Waals surface area contributed by atoms with E-state index in [2.05, 4.69) is 17.9 Å². The third kappa shape index (κ3) is 6.79. The second-order valence-electron chi connectivity index (χ2n) is 12.4. The minimum Gasteiger partial charge on any atom is -0.493 e. The van der Waals surface area contributed by atoms with Crippen molar-refractivity contribution in [1.82, 2.24) is 14.7 Å². The number of benzene rings is 1. The average Bonchev–Trinajstić information content (AvgIpc) is 3.60. The molecule has 0 bridgehead atoms. The van der Waals surface area contributed by atoms with E-state index in [-0.39, 0.29) is 35.7 Å². The molecule has 0 saturated carbocycles. The van der Waals surface area contributed by atoms with Crippen molar-refractivity contribution < 1.29 is 24.2 Å². The number of fused-ring (bicyclic) bond motifs is 1. The Bertz CT molecular complexity index is 1060. The number of ether oxygens (including phenoxy) is 1. The minimum absolute atomic E-state index is 0.0426. The van der Waals surface area contributed by atoms with E-state index in [1.807, 2.05) is 35.8 Å². The number of nitrogens with two attached hydrogens (primary N) is 1. The zero-order valence-corrected chi connectivity index (χ0v) is 24.6. The van der Waals surface area contributed by atoms with Gasteiger partial charge in [-0.25, -0.2) is 0 Å². The summed E-state index contributed by atoms with van der Waals surface area (Å²) in [5, 5.41) is 10.5. The van der Waals surface area contributed by atoms with Crippen LogP contribution >= 0.6 is 0 Å². The highest BCUT2D eigenvalue weighted by atomic mass is 16.5. The molecule has 3 atom stereocenters. The summed E-state index contributed by atoms with van der Waals surface area (Å²) in [6.07, 6.45) is 5.81. The van der Waals surface area contributed by atoms with Crippen LogP contribution in [0.3, 0.4) is 0 Å². The highest BCUT2D eigenvalue weighted by molar-refractivity contribution is 5.84. The van der Waals surface area contributed by atoms with E-state index in [0.717, 1.165) is 55.4 Å². The molecule has 1 aromatic rings. The largest absolute Gasteiger partial charge is 0.493 e. The lowest BCUT2D eigenvalue weighted by atomic mass is 9.83. The number of nitrogens with zero attached hydrogens (tertiary/aromatic N) is 3. The number of hydrogen-bond donors (Lipinski definition) is 2. The van der Waals surface area contributed by atoms with E-state index in [9.17, 15) is 19.5 Å². The van der Waals surface area contributed by atoms with E-state index in [1.165, 1.54) is 0 Å². The summed E-state index contributed by atoms with van der Waals surface area (Å²) >= 11 is 0. The molecule has 0 aliphatic carbocycles. The van der Waals surface area contributed by atoms with Crippen LogP contribution in [0.15, 0.2) is 18.2 Å². The Balaban J connectivity index is 1.57. The van der Waals surface area contributed by atoms with Gasteiger partial charge in [-0.05, 0) is 55.8 Å². The SMILES string of the molecule is CCCCN(CCCCN)C(=O)CN1CC(c2ccc3c(c2)CCO3)C(C(=O)O)C1CCN1CCC(C)(C)C1=O. The fourth-order valence-corrected chi connectivity index (χ4v) is 6.61. The lowest BCUT2D eigenvalue weighted by Crippen LogP contribution is -2.46. The first-order valence-electron chi connectivity index (χ1n) is 15.2. The van der Waals surface area contributed by atoms with Crippen molar-refractivity contribution in [3.8, 4) is 5.75 Å². The van der Waals surface area contributed by atoms with Gasteiger partial charge in [-0.2, -0.15) is 0 Å². The van der Waals surface area contributed by atoms with Crippen molar-refractivity contribution in [1.29, 1.82) is 0 Å². The second kappa shape index (κ2) is 13.3. The summed E-state index contributed by atoms with van der Waals surface area (Å²) < 4.78 is 5.68. The molecule has 3 N–H and O–H groups in total. The molecule has 0 aromatic heterocycles. The molecule has 40 heavy (non-hydrogen) atoms. The fraction of sp³-hybridized carbons (Fsp3) is 0.710. The molecule has 2 amide bonds. The van der Waals surface area contributed by atoms with Crippen molar-refractivity contribution in [3.63, 3.8) is 0 Å². The smallest absolute Gasteiger partial charge is 0.308 e. The molecule has 3 aliphatic rings. The molecule has 2 fully saturated rings. The molecule has 3 heterocycles. The van der Waals surface area contributed by atoms with Crippen molar-refractivity contribution >= 4 is 17.8 Å². The van der Waals surface area contributed by atoms with Crippen LogP contribution in [0.1, 0.15) is 76.3 Å². The predicted molar refractivity (Wildman–Crippen MR) is 154 cm³/mol. The van der Waals surface area contributed by atoms with Crippen LogP contribution in [0.25, 0.3) is 0 Å². The van der Waals surface area contributed by atoms with Gasteiger partial charge < -0.3 is 25.4 Å². The normalized spacial score (nSPS) is 23.9. The van der Waals surface area contributed by atoms with Crippen LogP contribution in [0, 0.1) is 11.3 Å². The highest BCUT2D eigenvalue weighted by Crippen LogP contribution is 2.41. The summed E-state index contributed by atoms with van der Waals surface area (Å²) in [7, 11) is 0. The van der Waals surface area contributed by atoms with Gasteiger partial charge in [0, 0.05) is 56.5 Å². The number of carbonyl (C=O) groups is 3. The lowest BCUT2D eigenvalue weighted by molar-refractivity contribution is -0.144. The van der Waals surface area contributed by atoms with E-state index in [0.29, 0.717) is 52.3 Å². The summed E-state index contributed by atoms with van der Waals surface area (Å²) in [6, 6.07) is 5.69. The number of aliphatic carboxylic acids is 1. The molecule has 2 saturated heterocycles. The Hall–Kier alpha value is -2.65. The van der Waals surface area contributed by atoms with Gasteiger partial charge in [0.15, 0.2) is 0 Å². The van der Waals surface area contributed by atoms with Gasteiger partial charge in [0.05, 0.1) is 19.1 Å². The summed E-state index contributed by atoms with van der Waals surface area (Å²) in [6.45, 7) is 10.5. The molecule has 9 heteroatoms. The number of hydrogen-bond acceptors (Lipinski definition) is 6.